The van der Waals surface area contributed by atoms with Gasteiger partial charge in [0.1, 0.15) is 11.9 Å². The fraction of sp³-hybridized carbons (Fsp3) is 0.333. The van der Waals surface area contributed by atoms with Gasteiger partial charge in [-0.05, 0) is 43.3 Å². The third-order valence-corrected chi connectivity index (χ3v) is 5.65. The molecule has 0 aliphatic carbocycles. The smallest absolute Gasteiger partial charge is 0.338 e. The first-order valence-electron chi connectivity index (χ1n) is 11.1. The number of nitrogens with one attached hydrogen (secondary N) is 2. The van der Waals surface area contributed by atoms with Crippen molar-refractivity contribution < 1.29 is 23.5 Å². The van der Waals surface area contributed by atoms with Crippen LogP contribution in [0.25, 0.3) is 0 Å². The van der Waals surface area contributed by atoms with E-state index in [9.17, 15) is 18.8 Å². The SMILES string of the molecule is CCOC(=O)c1ccc(NC(=O)[C@@H]2CC(=O)NC(N3CCN(c4ccccc4F)CC3)=N2)cc1. The standard InChI is InChI=1S/C24H26FN5O4/c1-2-34-23(33)16-7-9-17(10-8-16)26-22(32)19-15-21(31)28-24(27-19)30-13-11-29(12-14-30)20-6-4-3-5-18(20)25/h3-10,19H,2,11-15H2,1H3,(H,26,32)(H,27,28,31)/t19-/m0/s1. The van der Waals surface area contributed by atoms with Crippen molar-refractivity contribution in [3.63, 3.8) is 0 Å². The lowest BCUT2D eigenvalue weighted by atomic mass is 10.1. The van der Waals surface area contributed by atoms with Gasteiger partial charge in [-0.1, -0.05) is 12.1 Å². The predicted molar refractivity (Wildman–Crippen MR) is 125 cm³/mol. The number of benzene rings is 2. The Morgan fingerprint density at radius 1 is 1.09 bits per heavy atom. The monoisotopic (exact) mass is 467 g/mol. The molecule has 2 amide bonds. The highest BCUT2D eigenvalue weighted by molar-refractivity contribution is 6.06. The number of halogens is 1. The topological polar surface area (TPSA) is 103 Å². The second-order valence-corrected chi connectivity index (χ2v) is 7.93. The number of guanidine groups is 1. The van der Waals surface area contributed by atoms with Crippen LogP contribution in [0.3, 0.4) is 0 Å². The Labute approximate surface area is 196 Å². The van der Waals surface area contributed by atoms with E-state index in [1.54, 1.807) is 49.4 Å². The molecule has 0 aromatic heterocycles. The molecule has 0 bridgehead atoms. The van der Waals surface area contributed by atoms with Crippen LogP contribution in [-0.2, 0) is 14.3 Å². The maximum atomic E-state index is 14.1. The Morgan fingerprint density at radius 2 is 1.76 bits per heavy atom. The first kappa shape index (κ1) is 23.2. The Bertz CT molecular complexity index is 1100. The molecule has 2 heterocycles. The van der Waals surface area contributed by atoms with E-state index >= 15 is 0 Å². The maximum Gasteiger partial charge on any atom is 0.338 e. The number of carbonyl (C=O) groups is 3. The van der Waals surface area contributed by atoms with Gasteiger partial charge in [-0.2, -0.15) is 0 Å². The summed E-state index contributed by atoms with van der Waals surface area (Å²) in [7, 11) is 0. The third-order valence-electron chi connectivity index (χ3n) is 5.65. The van der Waals surface area contributed by atoms with Gasteiger partial charge in [0.2, 0.25) is 17.8 Å². The Morgan fingerprint density at radius 3 is 2.44 bits per heavy atom. The van der Waals surface area contributed by atoms with E-state index in [1.165, 1.54) is 6.07 Å². The zero-order valence-electron chi connectivity index (χ0n) is 18.8. The molecule has 9 nitrogen and oxygen atoms in total. The molecule has 2 aliphatic rings. The van der Waals surface area contributed by atoms with Crippen LogP contribution in [0, 0.1) is 5.82 Å². The van der Waals surface area contributed by atoms with Gasteiger partial charge in [-0.3, -0.25) is 14.9 Å². The normalized spacial score (nSPS) is 18.1. The number of aliphatic imine (C=N–C) groups is 1. The molecule has 1 fully saturated rings. The van der Waals surface area contributed by atoms with Gasteiger partial charge >= 0.3 is 5.97 Å². The molecule has 0 radical (unpaired) electrons. The number of para-hydroxylation sites is 1. The zero-order chi connectivity index (χ0) is 24.1. The fourth-order valence-corrected chi connectivity index (χ4v) is 3.89. The quantitative estimate of drug-likeness (QED) is 0.652. The minimum absolute atomic E-state index is 0.0641. The second-order valence-electron chi connectivity index (χ2n) is 7.93. The second kappa shape index (κ2) is 10.3. The highest BCUT2D eigenvalue weighted by Gasteiger charge is 2.31. The highest BCUT2D eigenvalue weighted by atomic mass is 19.1. The minimum atomic E-state index is -0.877. The lowest BCUT2D eigenvalue weighted by Crippen LogP contribution is -2.56. The van der Waals surface area contributed by atoms with Crippen LogP contribution in [-0.4, -0.2) is 67.5 Å². The van der Waals surface area contributed by atoms with E-state index in [0.29, 0.717) is 49.1 Å². The number of ether oxygens (including phenoxy) is 1. The van der Waals surface area contributed by atoms with Crippen molar-refractivity contribution in [2.45, 2.75) is 19.4 Å². The van der Waals surface area contributed by atoms with Crippen molar-refractivity contribution in [3.8, 4) is 0 Å². The summed E-state index contributed by atoms with van der Waals surface area (Å²) in [4.78, 5) is 45.1. The van der Waals surface area contributed by atoms with E-state index in [2.05, 4.69) is 15.6 Å². The van der Waals surface area contributed by atoms with Crippen molar-refractivity contribution in [1.29, 1.82) is 0 Å². The number of rotatable bonds is 5. The predicted octanol–water partition coefficient (Wildman–Crippen LogP) is 2.01. The number of carbonyl (C=O) groups excluding carboxylic acids is 3. The molecular weight excluding hydrogens is 441 g/mol. The van der Waals surface area contributed by atoms with Crippen LogP contribution < -0.4 is 15.5 Å². The largest absolute Gasteiger partial charge is 0.462 e. The van der Waals surface area contributed by atoms with Crippen molar-refractivity contribution in [1.82, 2.24) is 10.2 Å². The van der Waals surface area contributed by atoms with Gasteiger partial charge in [0.05, 0.1) is 24.3 Å². The average Bonchev–Trinajstić information content (AvgIpc) is 2.85. The van der Waals surface area contributed by atoms with Crippen molar-refractivity contribution in [2.75, 3.05) is 43.0 Å². The number of amides is 2. The Hall–Kier alpha value is -3.95. The molecule has 10 heteroatoms. The molecule has 4 rings (SSSR count). The van der Waals surface area contributed by atoms with Gasteiger partial charge in [0.25, 0.3) is 0 Å². The minimum Gasteiger partial charge on any atom is -0.462 e. The summed E-state index contributed by atoms with van der Waals surface area (Å²) in [5, 5.41) is 5.49. The first-order chi connectivity index (χ1) is 16.4. The van der Waals surface area contributed by atoms with Crippen LogP contribution in [0.1, 0.15) is 23.7 Å². The summed E-state index contributed by atoms with van der Waals surface area (Å²) in [5.41, 5.74) is 1.41. The molecule has 0 saturated carbocycles. The molecule has 0 unspecified atom stereocenters. The summed E-state index contributed by atoms with van der Waals surface area (Å²) in [6, 6.07) is 12.1. The molecule has 2 aromatic carbocycles. The number of nitrogens with zero attached hydrogens (tertiary/aromatic N) is 3. The summed E-state index contributed by atoms with van der Waals surface area (Å²) < 4.78 is 19.0. The average molecular weight is 468 g/mol. The molecule has 1 atom stereocenters. The number of piperazine rings is 1. The van der Waals surface area contributed by atoms with E-state index < -0.39 is 17.9 Å². The summed E-state index contributed by atoms with van der Waals surface area (Å²) >= 11 is 0. The van der Waals surface area contributed by atoms with Crippen LogP contribution in [0.15, 0.2) is 53.5 Å². The van der Waals surface area contributed by atoms with Crippen LogP contribution in [0.4, 0.5) is 15.8 Å². The number of esters is 1. The van der Waals surface area contributed by atoms with Crippen molar-refractivity contribution >= 4 is 35.1 Å². The highest BCUT2D eigenvalue weighted by Crippen LogP contribution is 2.21. The lowest BCUT2D eigenvalue weighted by Gasteiger charge is -2.38. The fourth-order valence-electron chi connectivity index (χ4n) is 3.89. The summed E-state index contributed by atoms with van der Waals surface area (Å²) in [6.45, 7) is 4.16. The number of anilines is 2. The van der Waals surface area contributed by atoms with Gasteiger partial charge in [0, 0.05) is 31.9 Å². The lowest BCUT2D eigenvalue weighted by molar-refractivity contribution is -0.125. The maximum absolute atomic E-state index is 14.1. The Kier molecular flexibility index (Phi) is 7.05. The third kappa shape index (κ3) is 5.33. The van der Waals surface area contributed by atoms with Crippen molar-refractivity contribution in [3.05, 3.63) is 59.9 Å². The van der Waals surface area contributed by atoms with Gasteiger partial charge < -0.3 is 19.9 Å². The van der Waals surface area contributed by atoms with Crippen LogP contribution >= 0.6 is 0 Å². The van der Waals surface area contributed by atoms with E-state index in [0.717, 1.165) is 0 Å². The van der Waals surface area contributed by atoms with Crippen LogP contribution in [0.2, 0.25) is 0 Å². The van der Waals surface area contributed by atoms with Gasteiger partial charge in [0.15, 0.2) is 0 Å². The summed E-state index contributed by atoms with van der Waals surface area (Å²) in [5.74, 6) is -1.07. The van der Waals surface area contributed by atoms with Crippen molar-refractivity contribution in [2.24, 2.45) is 4.99 Å². The molecule has 2 aliphatic heterocycles. The molecule has 2 aromatic rings. The Balaban J connectivity index is 1.38. The molecule has 0 spiro atoms. The van der Waals surface area contributed by atoms with Gasteiger partial charge in [-0.15, -0.1) is 0 Å². The molecular formula is C24H26FN5O4. The molecule has 34 heavy (non-hydrogen) atoms. The van der Waals surface area contributed by atoms with E-state index in [1.807, 2.05) is 9.80 Å². The number of hydrogen-bond acceptors (Lipinski definition) is 7. The van der Waals surface area contributed by atoms with Gasteiger partial charge in [-0.25, -0.2) is 14.2 Å². The summed E-state index contributed by atoms with van der Waals surface area (Å²) in [6.07, 6.45) is -0.0641. The van der Waals surface area contributed by atoms with E-state index in [-0.39, 0.29) is 24.8 Å². The molecule has 178 valence electrons. The van der Waals surface area contributed by atoms with Crippen LogP contribution in [0.5, 0.6) is 0 Å². The zero-order valence-corrected chi connectivity index (χ0v) is 18.8. The van der Waals surface area contributed by atoms with E-state index in [4.69, 9.17) is 4.74 Å². The first-order valence-corrected chi connectivity index (χ1v) is 11.1. The number of hydrogen-bond donors (Lipinski definition) is 2. The molecule has 1 saturated heterocycles. The molecule has 2 N–H and O–H groups in total.